The number of aliphatic imine (C=N–C) groups is 1. The van der Waals surface area contributed by atoms with Crippen molar-refractivity contribution in [2.45, 2.75) is 33.2 Å². The second-order valence-electron chi connectivity index (χ2n) is 6.83. The molecule has 3 rings (SSSR count). The van der Waals surface area contributed by atoms with Crippen LogP contribution in [0.1, 0.15) is 32.4 Å². The number of hydrogen-bond acceptors (Lipinski definition) is 2. The molecule has 2 aromatic rings. The number of halogens is 1. The molecule has 2 aromatic heterocycles. The number of likely N-dealkylation sites (tertiary alicyclic amines) is 1. The van der Waals surface area contributed by atoms with E-state index in [1.54, 1.807) is 0 Å². The lowest BCUT2D eigenvalue weighted by Crippen LogP contribution is -2.39. The molecule has 0 spiro atoms. The van der Waals surface area contributed by atoms with Gasteiger partial charge in [-0.1, -0.05) is 19.9 Å². The van der Waals surface area contributed by atoms with Crippen LogP contribution in [0, 0.1) is 11.8 Å². The van der Waals surface area contributed by atoms with E-state index in [4.69, 9.17) is 0 Å². The number of fused-ring (bicyclic) bond motifs is 1. The van der Waals surface area contributed by atoms with Crippen molar-refractivity contribution in [1.82, 2.24) is 19.6 Å². The smallest absolute Gasteiger partial charge is 0.193 e. The number of pyridine rings is 1. The number of imidazole rings is 1. The quantitative estimate of drug-likeness (QED) is 0.450. The van der Waals surface area contributed by atoms with Gasteiger partial charge in [0.15, 0.2) is 5.96 Å². The highest BCUT2D eigenvalue weighted by atomic mass is 127. The van der Waals surface area contributed by atoms with Gasteiger partial charge in [0, 0.05) is 32.5 Å². The van der Waals surface area contributed by atoms with Crippen molar-refractivity contribution < 1.29 is 0 Å². The van der Waals surface area contributed by atoms with Gasteiger partial charge >= 0.3 is 0 Å². The summed E-state index contributed by atoms with van der Waals surface area (Å²) in [5, 5.41) is 3.46. The van der Waals surface area contributed by atoms with Gasteiger partial charge in [0.2, 0.25) is 0 Å². The first-order valence-corrected chi connectivity index (χ1v) is 8.54. The van der Waals surface area contributed by atoms with Crippen LogP contribution >= 0.6 is 24.0 Å². The van der Waals surface area contributed by atoms with Gasteiger partial charge in [0.25, 0.3) is 0 Å². The van der Waals surface area contributed by atoms with Crippen LogP contribution in [0.5, 0.6) is 0 Å². The Morgan fingerprint density at radius 2 is 2.25 bits per heavy atom. The van der Waals surface area contributed by atoms with Crippen molar-refractivity contribution in [2.24, 2.45) is 16.8 Å². The highest BCUT2D eigenvalue weighted by Gasteiger charge is 2.25. The van der Waals surface area contributed by atoms with Crippen molar-refractivity contribution in [3.63, 3.8) is 0 Å². The summed E-state index contributed by atoms with van der Waals surface area (Å²) in [6.07, 6.45) is 6.67. The maximum Gasteiger partial charge on any atom is 0.193 e. The van der Waals surface area contributed by atoms with Crippen LogP contribution < -0.4 is 5.32 Å². The van der Waals surface area contributed by atoms with Crippen LogP contribution in [0.15, 0.2) is 35.6 Å². The first-order valence-electron chi connectivity index (χ1n) is 8.54. The Morgan fingerprint density at radius 1 is 1.42 bits per heavy atom. The zero-order chi connectivity index (χ0) is 16.2. The average Bonchev–Trinajstić information content (AvgIpc) is 3.14. The van der Waals surface area contributed by atoms with E-state index in [1.807, 2.05) is 35.8 Å². The van der Waals surface area contributed by atoms with E-state index in [-0.39, 0.29) is 24.0 Å². The van der Waals surface area contributed by atoms with Gasteiger partial charge in [-0.2, -0.15) is 0 Å². The lowest BCUT2D eigenvalue weighted by Gasteiger charge is -2.21. The van der Waals surface area contributed by atoms with Gasteiger partial charge in [-0.05, 0) is 36.8 Å². The molecule has 3 heterocycles. The predicted octanol–water partition coefficient (Wildman–Crippen LogP) is 3.40. The number of nitrogens with one attached hydrogen (secondary N) is 1. The Balaban J connectivity index is 0.00000208. The van der Waals surface area contributed by atoms with E-state index >= 15 is 0 Å². The summed E-state index contributed by atoms with van der Waals surface area (Å²) in [5.41, 5.74) is 2.02. The number of guanidine groups is 1. The van der Waals surface area contributed by atoms with Crippen LogP contribution in [-0.4, -0.2) is 40.4 Å². The van der Waals surface area contributed by atoms with Gasteiger partial charge in [-0.25, -0.2) is 4.98 Å². The monoisotopic (exact) mass is 441 g/mol. The minimum Gasteiger partial charge on any atom is -0.351 e. The van der Waals surface area contributed by atoms with Crippen molar-refractivity contribution in [3.8, 4) is 0 Å². The third-order valence-electron chi connectivity index (χ3n) is 4.44. The van der Waals surface area contributed by atoms with Crippen molar-refractivity contribution in [3.05, 3.63) is 36.3 Å². The van der Waals surface area contributed by atoms with Crippen LogP contribution in [0.2, 0.25) is 0 Å². The minimum absolute atomic E-state index is 0. The Hall–Kier alpha value is -1.31. The van der Waals surface area contributed by atoms with Crippen LogP contribution in [0.25, 0.3) is 5.65 Å². The van der Waals surface area contributed by atoms with Crippen LogP contribution in [0.3, 0.4) is 0 Å². The zero-order valence-corrected chi connectivity index (χ0v) is 17.1. The zero-order valence-electron chi connectivity index (χ0n) is 14.8. The molecular formula is C18H28IN5. The fourth-order valence-electron chi connectivity index (χ4n) is 3.46. The Labute approximate surface area is 161 Å². The highest BCUT2D eigenvalue weighted by Crippen LogP contribution is 2.23. The first kappa shape index (κ1) is 19.0. The van der Waals surface area contributed by atoms with Crippen LogP contribution in [-0.2, 0) is 6.54 Å². The maximum absolute atomic E-state index is 4.63. The highest BCUT2D eigenvalue weighted by molar-refractivity contribution is 14.0. The van der Waals surface area contributed by atoms with Gasteiger partial charge < -0.3 is 14.6 Å². The molecule has 1 N–H and O–H groups in total. The summed E-state index contributed by atoms with van der Waals surface area (Å²) in [7, 11) is 1.86. The summed E-state index contributed by atoms with van der Waals surface area (Å²) in [6, 6.07) is 6.05. The average molecular weight is 441 g/mol. The normalized spacial score (nSPS) is 18.2. The molecule has 1 fully saturated rings. The van der Waals surface area contributed by atoms with Gasteiger partial charge in [0.1, 0.15) is 5.65 Å². The summed E-state index contributed by atoms with van der Waals surface area (Å²) < 4.78 is 2.05. The summed E-state index contributed by atoms with van der Waals surface area (Å²) in [4.78, 5) is 11.5. The Morgan fingerprint density at radius 3 is 2.96 bits per heavy atom. The predicted molar refractivity (Wildman–Crippen MR) is 110 cm³/mol. The number of nitrogens with zero attached hydrogens (tertiary/aromatic N) is 4. The minimum atomic E-state index is 0. The molecule has 0 amide bonds. The summed E-state index contributed by atoms with van der Waals surface area (Å²) in [5.74, 6) is 2.56. The molecule has 1 unspecified atom stereocenters. The molecule has 0 bridgehead atoms. The van der Waals surface area contributed by atoms with E-state index in [0.717, 1.165) is 42.2 Å². The molecule has 24 heavy (non-hydrogen) atoms. The third kappa shape index (κ3) is 4.62. The van der Waals surface area contributed by atoms with E-state index in [1.165, 1.54) is 12.8 Å². The van der Waals surface area contributed by atoms with Gasteiger partial charge in [0.05, 0.1) is 12.2 Å². The molecule has 0 aliphatic carbocycles. The molecule has 1 atom stereocenters. The van der Waals surface area contributed by atoms with Crippen LogP contribution in [0.4, 0.5) is 0 Å². The molecule has 0 saturated carbocycles. The molecule has 0 aromatic carbocycles. The lowest BCUT2D eigenvalue weighted by molar-refractivity contribution is 0.403. The Kier molecular flexibility index (Phi) is 6.89. The fourth-order valence-corrected chi connectivity index (χ4v) is 3.46. The van der Waals surface area contributed by atoms with Crippen molar-refractivity contribution in [2.75, 3.05) is 20.1 Å². The lowest BCUT2D eigenvalue weighted by atomic mass is 9.97. The van der Waals surface area contributed by atoms with E-state index < -0.39 is 0 Å². The molecule has 0 radical (unpaired) electrons. The van der Waals surface area contributed by atoms with Gasteiger partial charge in [-0.15, -0.1) is 24.0 Å². The molecule has 5 nitrogen and oxygen atoms in total. The van der Waals surface area contributed by atoms with Crippen molar-refractivity contribution in [1.29, 1.82) is 0 Å². The molecule has 1 saturated heterocycles. The number of aromatic nitrogens is 2. The largest absolute Gasteiger partial charge is 0.351 e. The van der Waals surface area contributed by atoms with E-state index in [9.17, 15) is 0 Å². The molecule has 6 heteroatoms. The van der Waals surface area contributed by atoms with E-state index in [0.29, 0.717) is 6.54 Å². The first-order chi connectivity index (χ1) is 11.2. The fraction of sp³-hybridized carbons (Fsp3) is 0.556. The van der Waals surface area contributed by atoms with E-state index in [2.05, 4.69) is 40.2 Å². The number of hydrogen-bond donors (Lipinski definition) is 1. The molecule has 1 aliphatic heterocycles. The van der Waals surface area contributed by atoms with Gasteiger partial charge in [-0.3, -0.25) is 4.99 Å². The standard InChI is InChI=1S/C18H27N5.HI/c1-14(2)10-15-7-9-23(12-15)18(19-3)20-11-16-13-22-8-5-4-6-17(22)21-16;/h4-6,8,13-15H,7,9-12H2,1-3H3,(H,19,20);1H. The molecule has 132 valence electrons. The molecular weight excluding hydrogens is 413 g/mol. The summed E-state index contributed by atoms with van der Waals surface area (Å²) >= 11 is 0. The second-order valence-corrected chi connectivity index (χ2v) is 6.83. The maximum atomic E-state index is 4.63. The summed E-state index contributed by atoms with van der Waals surface area (Å²) in [6.45, 7) is 7.53. The SMILES string of the molecule is CN=C(NCc1cn2ccccc2n1)N1CCC(CC(C)C)C1.I. The topological polar surface area (TPSA) is 44.9 Å². The molecule has 1 aliphatic rings. The third-order valence-corrected chi connectivity index (χ3v) is 4.44. The second kappa shape index (κ2) is 8.69. The Bertz CT molecular complexity index is 646. The van der Waals surface area contributed by atoms with Crippen molar-refractivity contribution >= 4 is 35.6 Å². The number of rotatable bonds is 4.